The Bertz CT molecular complexity index is 196. The molecule has 0 saturated carbocycles. The molecule has 0 aromatic carbocycles. The maximum atomic E-state index is 3.86. The van der Waals surface area contributed by atoms with Crippen LogP contribution in [0.15, 0.2) is 25.3 Å². The fourth-order valence-electron chi connectivity index (χ4n) is 3.35. The van der Waals surface area contributed by atoms with E-state index < -0.39 is 8.07 Å². The highest BCUT2D eigenvalue weighted by atomic mass is 28.3. The van der Waals surface area contributed by atoms with Gasteiger partial charge in [-0.1, -0.05) is 74.9 Å². The van der Waals surface area contributed by atoms with Crippen molar-refractivity contribution >= 4 is 8.07 Å². The van der Waals surface area contributed by atoms with Crippen LogP contribution >= 0.6 is 0 Å². The van der Waals surface area contributed by atoms with Crippen molar-refractivity contribution in [3.05, 3.63) is 25.3 Å². The molecule has 0 spiro atoms. The van der Waals surface area contributed by atoms with Gasteiger partial charge in [0.25, 0.3) is 0 Å². The van der Waals surface area contributed by atoms with Crippen LogP contribution in [0.25, 0.3) is 0 Å². The molecule has 0 aliphatic carbocycles. The minimum atomic E-state index is -0.903. The molecule has 0 amide bonds. The number of allylic oxidation sites excluding steroid dienone is 2. The molecule has 1 rings (SSSR count). The molecule has 1 saturated heterocycles. The van der Waals surface area contributed by atoms with E-state index in [2.05, 4.69) is 25.3 Å². The van der Waals surface area contributed by atoms with Crippen molar-refractivity contribution in [2.75, 3.05) is 0 Å². The molecular formula is C16H30Si. The van der Waals surface area contributed by atoms with Crippen LogP contribution in [-0.2, 0) is 0 Å². The summed E-state index contributed by atoms with van der Waals surface area (Å²) in [6.07, 6.45) is 15.5. The summed E-state index contributed by atoms with van der Waals surface area (Å²) in [6, 6.07) is 6.36. The maximum absolute atomic E-state index is 3.86. The van der Waals surface area contributed by atoms with E-state index in [4.69, 9.17) is 0 Å². The van der Waals surface area contributed by atoms with Gasteiger partial charge in [0.1, 0.15) is 0 Å². The highest BCUT2D eigenvalue weighted by Gasteiger charge is 2.31. The van der Waals surface area contributed by atoms with Crippen molar-refractivity contribution in [2.24, 2.45) is 0 Å². The summed E-state index contributed by atoms with van der Waals surface area (Å²) < 4.78 is 0. The first kappa shape index (κ1) is 14.8. The molecule has 0 bridgehead atoms. The Kier molecular flexibility index (Phi) is 7.59. The van der Waals surface area contributed by atoms with Crippen molar-refractivity contribution in [1.82, 2.24) is 0 Å². The zero-order valence-electron chi connectivity index (χ0n) is 11.6. The number of unbranched alkanes of at least 4 members (excludes halogenated alkanes) is 2. The number of rotatable bonds is 8. The molecule has 1 heterocycles. The van der Waals surface area contributed by atoms with Gasteiger partial charge in [-0.3, -0.25) is 0 Å². The Balaban J connectivity index is 2.47. The van der Waals surface area contributed by atoms with Crippen molar-refractivity contribution in [3.63, 3.8) is 0 Å². The van der Waals surface area contributed by atoms with E-state index in [0.717, 1.165) is 0 Å². The molecule has 1 aliphatic rings. The van der Waals surface area contributed by atoms with Gasteiger partial charge < -0.3 is 0 Å². The molecule has 0 nitrogen and oxygen atoms in total. The molecule has 17 heavy (non-hydrogen) atoms. The first-order valence-corrected chi connectivity index (χ1v) is 10.4. The number of hydrogen-bond donors (Lipinski definition) is 0. The predicted octanol–water partition coefficient (Wildman–Crippen LogP) is 5.94. The van der Waals surface area contributed by atoms with E-state index >= 15 is 0 Å². The summed E-state index contributed by atoms with van der Waals surface area (Å²) in [5.41, 5.74) is 0. The van der Waals surface area contributed by atoms with Gasteiger partial charge in [0.15, 0.2) is 0 Å². The van der Waals surface area contributed by atoms with Crippen LogP contribution in [0.2, 0.25) is 24.2 Å². The lowest BCUT2D eigenvalue weighted by Crippen LogP contribution is -2.32. The van der Waals surface area contributed by atoms with Gasteiger partial charge in [-0.05, 0) is 12.8 Å². The van der Waals surface area contributed by atoms with E-state index in [9.17, 15) is 0 Å². The van der Waals surface area contributed by atoms with Crippen LogP contribution in [0.5, 0.6) is 0 Å². The Morgan fingerprint density at radius 2 is 1.24 bits per heavy atom. The standard InChI is InChI=1S/C16H30Si/c1-3-5-9-13-17(14-10-6-4-2)15-11-7-8-12-16-17/h3-4H,1-2,5-16H2. The van der Waals surface area contributed by atoms with E-state index in [0.29, 0.717) is 0 Å². The topological polar surface area (TPSA) is 0 Å². The molecule has 0 aromatic heterocycles. The second-order valence-electron chi connectivity index (χ2n) is 5.78. The monoisotopic (exact) mass is 250 g/mol. The number of hydrogen-bond acceptors (Lipinski definition) is 0. The Hall–Kier alpha value is -0.303. The first-order valence-electron chi connectivity index (χ1n) is 7.55. The van der Waals surface area contributed by atoms with Gasteiger partial charge in [0.2, 0.25) is 0 Å². The Morgan fingerprint density at radius 1 is 0.765 bits per heavy atom. The van der Waals surface area contributed by atoms with E-state index in [1.54, 1.807) is 24.2 Å². The smallest absolute Gasteiger partial charge is 0.0536 e. The molecule has 98 valence electrons. The fraction of sp³-hybridized carbons (Fsp3) is 0.750. The van der Waals surface area contributed by atoms with Gasteiger partial charge in [-0.25, -0.2) is 0 Å². The third-order valence-electron chi connectivity index (χ3n) is 4.39. The average molecular weight is 251 g/mol. The van der Waals surface area contributed by atoms with Crippen molar-refractivity contribution in [1.29, 1.82) is 0 Å². The largest absolute Gasteiger partial charge is 0.103 e. The fourth-order valence-corrected chi connectivity index (χ4v) is 8.75. The molecule has 0 N–H and O–H groups in total. The summed E-state index contributed by atoms with van der Waals surface area (Å²) in [5.74, 6) is 0. The molecule has 0 atom stereocenters. The van der Waals surface area contributed by atoms with Crippen molar-refractivity contribution < 1.29 is 0 Å². The summed E-state index contributed by atoms with van der Waals surface area (Å²) in [6.45, 7) is 7.72. The highest BCUT2D eigenvalue weighted by Crippen LogP contribution is 2.36. The van der Waals surface area contributed by atoms with Crippen LogP contribution < -0.4 is 0 Å². The minimum Gasteiger partial charge on any atom is -0.103 e. The van der Waals surface area contributed by atoms with E-state index in [1.807, 2.05) is 0 Å². The maximum Gasteiger partial charge on any atom is 0.0536 e. The van der Waals surface area contributed by atoms with Crippen LogP contribution in [0.4, 0.5) is 0 Å². The molecule has 0 aromatic rings. The minimum absolute atomic E-state index is 0.903. The van der Waals surface area contributed by atoms with E-state index in [-0.39, 0.29) is 0 Å². The van der Waals surface area contributed by atoms with Crippen molar-refractivity contribution in [2.45, 2.75) is 75.5 Å². The van der Waals surface area contributed by atoms with Gasteiger partial charge in [0.05, 0.1) is 8.07 Å². The zero-order chi connectivity index (χ0) is 12.4. The SMILES string of the molecule is C=CCCC[Si]1(CCCC=C)CCCCCC1. The summed E-state index contributed by atoms with van der Waals surface area (Å²) in [7, 11) is -0.903. The van der Waals surface area contributed by atoms with Crippen molar-refractivity contribution in [3.8, 4) is 0 Å². The van der Waals surface area contributed by atoms with Gasteiger partial charge >= 0.3 is 0 Å². The summed E-state index contributed by atoms with van der Waals surface area (Å²) >= 11 is 0. The average Bonchev–Trinajstić information content (AvgIpc) is 2.56. The van der Waals surface area contributed by atoms with Gasteiger partial charge in [-0.2, -0.15) is 0 Å². The Labute approximate surface area is 109 Å². The van der Waals surface area contributed by atoms with Crippen LogP contribution in [-0.4, -0.2) is 8.07 Å². The molecule has 0 unspecified atom stereocenters. The van der Waals surface area contributed by atoms with Gasteiger partial charge in [0, 0.05) is 0 Å². The predicted molar refractivity (Wildman–Crippen MR) is 82.3 cm³/mol. The summed E-state index contributed by atoms with van der Waals surface area (Å²) in [4.78, 5) is 0. The van der Waals surface area contributed by atoms with Crippen LogP contribution in [0, 0.1) is 0 Å². The lowest BCUT2D eigenvalue weighted by Gasteiger charge is -2.30. The normalized spacial score (nSPS) is 19.5. The quantitative estimate of drug-likeness (QED) is 0.284. The zero-order valence-corrected chi connectivity index (χ0v) is 12.6. The Morgan fingerprint density at radius 3 is 1.65 bits per heavy atom. The highest BCUT2D eigenvalue weighted by molar-refractivity contribution is 6.79. The third kappa shape index (κ3) is 5.72. The molecular weight excluding hydrogens is 220 g/mol. The third-order valence-corrected chi connectivity index (χ3v) is 10.1. The first-order chi connectivity index (χ1) is 8.33. The van der Waals surface area contributed by atoms with Gasteiger partial charge in [-0.15, -0.1) is 13.2 Å². The molecule has 1 aliphatic heterocycles. The second kappa shape index (κ2) is 8.74. The van der Waals surface area contributed by atoms with Crippen LogP contribution in [0.3, 0.4) is 0 Å². The lowest BCUT2D eigenvalue weighted by atomic mass is 10.2. The summed E-state index contributed by atoms with van der Waals surface area (Å²) in [5, 5.41) is 0. The molecule has 1 fully saturated rings. The van der Waals surface area contributed by atoms with E-state index in [1.165, 1.54) is 51.4 Å². The lowest BCUT2D eigenvalue weighted by molar-refractivity contribution is 0.720. The molecule has 0 radical (unpaired) electrons. The second-order valence-corrected chi connectivity index (χ2v) is 10.8. The van der Waals surface area contributed by atoms with Crippen LogP contribution in [0.1, 0.15) is 51.4 Å². The molecule has 1 heteroatoms.